The summed E-state index contributed by atoms with van der Waals surface area (Å²) in [5.74, 6) is -0.120. The first kappa shape index (κ1) is 16.5. The molecule has 26 heavy (non-hydrogen) atoms. The van der Waals surface area contributed by atoms with E-state index in [1.807, 2.05) is 55.5 Å². The van der Waals surface area contributed by atoms with E-state index < -0.39 is 0 Å². The fourth-order valence-electron chi connectivity index (χ4n) is 2.78. The van der Waals surface area contributed by atoms with Gasteiger partial charge in [0.1, 0.15) is 0 Å². The molecular weight excluding hydrogens is 342 g/mol. The third-order valence-corrected chi connectivity index (χ3v) is 5.28. The highest BCUT2D eigenvalue weighted by Crippen LogP contribution is 2.30. The molecule has 1 aliphatic rings. The molecule has 0 spiro atoms. The first-order chi connectivity index (χ1) is 12.6. The molecule has 5 heteroatoms. The van der Waals surface area contributed by atoms with Gasteiger partial charge < -0.3 is 5.32 Å². The molecule has 2 heterocycles. The van der Waals surface area contributed by atoms with Gasteiger partial charge in [0.25, 0.3) is 5.91 Å². The van der Waals surface area contributed by atoms with Crippen molar-refractivity contribution < 1.29 is 4.79 Å². The number of hydrogen-bond donors (Lipinski definition) is 1. The zero-order valence-electron chi connectivity index (χ0n) is 14.5. The van der Waals surface area contributed by atoms with Gasteiger partial charge in [0.05, 0.1) is 16.1 Å². The second kappa shape index (κ2) is 6.77. The van der Waals surface area contributed by atoms with Crippen molar-refractivity contribution in [1.82, 2.24) is 10.3 Å². The van der Waals surface area contributed by atoms with Crippen molar-refractivity contribution >= 4 is 45.5 Å². The molecule has 1 N–H and O–H groups in total. The zero-order valence-corrected chi connectivity index (χ0v) is 15.3. The number of rotatable bonds is 2. The van der Waals surface area contributed by atoms with Gasteiger partial charge >= 0.3 is 0 Å². The largest absolute Gasteiger partial charge is 0.300 e. The normalized spacial score (nSPS) is 17.2. The van der Waals surface area contributed by atoms with Crippen molar-refractivity contribution in [2.75, 3.05) is 0 Å². The van der Waals surface area contributed by atoms with Crippen LogP contribution in [0.5, 0.6) is 0 Å². The standard InChI is InChI=1S/C21H17N3OS/c1-13-5-3-7-17(14(13)2)23-21-24-20(25)19(26-21)12-15-8-9-18-16(11-15)6-4-10-22-18/h3-12H,1-2H3,(H,23,24,25)/b19-12+. The number of aryl methyl sites for hydroxylation is 1. The van der Waals surface area contributed by atoms with Crippen LogP contribution in [0.3, 0.4) is 0 Å². The summed E-state index contributed by atoms with van der Waals surface area (Å²) in [6.07, 6.45) is 3.66. The van der Waals surface area contributed by atoms with E-state index in [-0.39, 0.29) is 5.91 Å². The molecule has 1 aliphatic heterocycles. The van der Waals surface area contributed by atoms with Gasteiger partial charge in [0.2, 0.25) is 0 Å². The summed E-state index contributed by atoms with van der Waals surface area (Å²) in [6.45, 7) is 4.09. The number of amidine groups is 1. The van der Waals surface area contributed by atoms with Gasteiger partial charge in [-0.25, -0.2) is 4.99 Å². The van der Waals surface area contributed by atoms with E-state index in [1.54, 1.807) is 6.20 Å². The predicted octanol–water partition coefficient (Wildman–Crippen LogP) is 4.74. The summed E-state index contributed by atoms with van der Waals surface area (Å²) < 4.78 is 0. The van der Waals surface area contributed by atoms with Gasteiger partial charge in [-0.1, -0.05) is 24.3 Å². The van der Waals surface area contributed by atoms with E-state index in [0.29, 0.717) is 10.1 Å². The SMILES string of the molecule is Cc1cccc(N=C2NC(=O)/C(=C\c3ccc4ncccc4c3)S2)c1C. The lowest BCUT2D eigenvalue weighted by molar-refractivity contribution is -0.115. The van der Waals surface area contributed by atoms with Gasteiger partial charge in [0.15, 0.2) is 5.17 Å². The Bertz CT molecular complexity index is 1090. The van der Waals surface area contributed by atoms with Crippen LogP contribution in [0, 0.1) is 13.8 Å². The van der Waals surface area contributed by atoms with E-state index in [4.69, 9.17) is 0 Å². The van der Waals surface area contributed by atoms with Gasteiger partial charge in [0, 0.05) is 11.6 Å². The first-order valence-corrected chi connectivity index (χ1v) is 9.12. The van der Waals surface area contributed by atoms with E-state index in [2.05, 4.69) is 28.3 Å². The quantitative estimate of drug-likeness (QED) is 0.672. The van der Waals surface area contributed by atoms with Crippen LogP contribution in [0.25, 0.3) is 17.0 Å². The number of pyridine rings is 1. The Morgan fingerprint density at radius 1 is 1.12 bits per heavy atom. The molecule has 4 rings (SSSR count). The molecule has 1 saturated heterocycles. The number of amides is 1. The number of fused-ring (bicyclic) bond motifs is 1. The van der Waals surface area contributed by atoms with Crippen molar-refractivity contribution in [3.63, 3.8) is 0 Å². The van der Waals surface area contributed by atoms with Crippen LogP contribution in [0.2, 0.25) is 0 Å². The molecule has 0 bridgehead atoms. The Hall–Kier alpha value is -2.92. The average molecular weight is 359 g/mol. The van der Waals surface area contributed by atoms with E-state index >= 15 is 0 Å². The highest BCUT2D eigenvalue weighted by atomic mass is 32.2. The molecular formula is C21H17N3OS. The lowest BCUT2D eigenvalue weighted by Gasteiger charge is -2.04. The minimum Gasteiger partial charge on any atom is -0.300 e. The van der Waals surface area contributed by atoms with E-state index in [9.17, 15) is 4.79 Å². The molecule has 0 atom stereocenters. The van der Waals surface area contributed by atoms with Gasteiger partial charge in [-0.3, -0.25) is 9.78 Å². The summed E-state index contributed by atoms with van der Waals surface area (Å²) >= 11 is 1.36. The summed E-state index contributed by atoms with van der Waals surface area (Å²) in [5.41, 5.74) is 5.09. The summed E-state index contributed by atoms with van der Waals surface area (Å²) in [4.78, 5) is 21.9. The number of nitrogens with zero attached hydrogens (tertiary/aromatic N) is 2. The third-order valence-electron chi connectivity index (χ3n) is 4.37. The smallest absolute Gasteiger partial charge is 0.264 e. The van der Waals surface area contributed by atoms with Gasteiger partial charge in [-0.15, -0.1) is 0 Å². The first-order valence-electron chi connectivity index (χ1n) is 8.31. The molecule has 2 aromatic carbocycles. The number of benzene rings is 2. The molecule has 0 saturated carbocycles. The maximum atomic E-state index is 12.3. The van der Waals surface area contributed by atoms with Crippen molar-refractivity contribution in [1.29, 1.82) is 0 Å². The average Bonchev–Trinajstić information content (AvgIpc) is 2.98. The van der Waals surface area contributed by atoms with Gasteiger partial charge in [-0.05, 0) is 72.6 Å². The number of aromatic nitrogens is 1. The van der Waals surface area contributed by atoms with Crippen LogP contribution in [0.4, 0.5) is 5.69 Å². The highest BCUT2D eigenvalue weighted by Gasteiger charge is 2.24. The summed E-state index contributed by atoms with van der Waals surface area (Å²) in [5, 5.41) is 4.51. The molecule has 1 fully saturated rings. The third kappa shape index (κ3) is 3.26. The monoisotopic (exact) mass is 359 g/mol. The predicted molar refractivity (Wildman–Crippen MR) is 108 cm³/mol. The topological polar surface area (TPSA) is 54.4 Å². The van der Waals surface area contributed by atoms with Crippen LogP contribution in [0.1, 0.15) is 16.7 Å². The Morgan fingerprint density at radius 3 is 2.88 bits per heavy atom. The van der Waals surface area contributed by atoms with Crippen LogP contribution in [-0.4, -0.2) is 16.1 Å². The van der Waals surface area contributed by atoms with Crippen LogP contribution in [0.15, 0.2) is 64.6 Å². The Balaban J connectivity index is 1.63. The molecule has 1 aromatic heterocycles. The van der Waals surface area contributed by atoms with Crippen molar-refractivity contribution in [2.45, 2.75) is 13.8 Å². The van der Waals surface area contributed by atoms with Crippen LogP contribution in [-0.2, 0) is 4.79 Å². The van der Waals surface area contributed by atoms with E-state index in [1.165, 1.54) is 17.3 Å². The molecule has 128 valence electrons. The Kier molecular flexibility index (Phi) is 4.31. The zero-order chi connectivity index (χ0) is 18.1. The minimum atomic E-state index is -0.120. The number of nitrogens with one attached hydrogen (secondary N) is 1. The van der Waals surface area contributed by atoms with Gasteiger partial charge in [-0.2, -0.15) is 0 Å². The number of thioether (sulfide) groups is 1. The van der Waals surface area contributed by atoms with Crippen molar-refractivity contribution in [3.8, 4) is 0 Å². The molecule has 3 aromatic rings. The maximum Gasteiger partial charge on any atom is 0.264 e. The van der Waals surface area contributed by atoms with Crippen molar-refractivity contribution in [3.05, 3.63) is 76.3 Å². The fraction of sp³-hybridized carbons (Fsp3) is 0.0952. The summed E-state index contributed by atoms with van der Waals surface area (Å²) in [7, 11) is 0. The molecule has 0 aliphatic carbocycles. The molecule has 1 amide bonds. The van der Waals surface area contributed by atoms with Crippen LogP contribution >= 0.6 is 11.8 Å². The van der Waals surface area contributed by atoms with Crippen molar-refractivity contribution in [2.24, 2.45) is 4.99 Å². The molecule has 0 unspecified atom stereocenters. The maximum absolute atomic E-state index is 12.3. The lowest BCUT2D eigenvalue weighted by Crippen LogP contribution is -2.19. The number of carbonyl (C=O) groups excluding carboxylic acids is 1. The number of aliphatic imine (C=N–C) groups is 1. The number of carbonyl (C=O) groups is 1. The Labute approximate surface area is 156 Å². The second-order valence-electron chi connectivity index (χ2n) is 6.16. The lowest BCUT2D eigenvalue weighted by atomic mass is 10.1. The highest BCUT2D eigenvalue weighted by molar-refractivity contribution is 8.18. The minimum absolute atomic E-state index is 0.120. The summed E-state index contributed by atoms with van der Waals surface area (Å²) in [6, 6.07) is 15.9. The second-order valence-corrected chi connectivity index (χ2v) is 7.19. The molecule has 4 nitrogen and oxygen atoms in total. The molecule has 0 radical (unpaired) electrons. The van der Waals surface area contributed by atoms with E-state index in [0.717, 1.165) is 27.7 Å². The number of hydrogen-bond acceptors (Lipinski definition) is 4. The fourth-order valence-corrected chi connectivity index (χ4v) is 3.62. The Morgan fingerprint density at radius 2 is 2.00 bits per heavy atom. The van der Waals surface area contributed by atoms with Crippen LogP contribution < -0.4 is 5.32 Å².